The number of hydrogen-bond acceptors (Lipinski definition) is 4. The molecule has 8 heavy (non-hydrogen) atoms. The lowest BCUT2D eigenvalue weighted by atomic mass is 10.7. The Kier molecular flexibility index (Phi) is 1.65. The summed E-state index contributed by atoms with van der Waals surface area (Å²) in [4.78, 5) is 3.78. The van der Waals surface area contributed by atoms with E-state index in [0.717, 1.165) is 11.5 Å². The first-order valence-electron chi connectivity index (χ1n) is 1.97. The molecule has 0 fully saturated rings. The Hall–Kier alpha value is -0.350. The second kappa shape index (κ2) is 2.28. The smallest absolute Gasteiger partial charge is 0.199 e. The standard InChI is InChI=1S/C3H4ClN3S/c4-1-2-6-3(5)8-7-2/h1H2,(H2,5,6,7). The zero-order valence-corrected chi connectivity index (χ0v) is 5.54. The third-order valence-corrected chi connectivity index (χ3v) is 1.42. The van der Waals surface area contributed by atoms with E-state index in [-0.39, 0.29) is 0 Å². The SMILES string of the molecule is Nc1nc(CCl)ns1. The van der Waals surface area contributed by atoms with Crippen molar-refractivity contribution >= 4 is 28.3 Å². The highest BCUT2D eigenvalue weighted by Gasteiger charge is 1.95. The number of anilines is 1. The molecule has 44 valence electrons. The van der Waals surface area contributed by atoms with Crippen molar-refractivity contribution in [1.29, 1.82) is 0 Å². The molecule has 0 saturated heterocycles. The van der Waals surface area contributed by atoms with Gasteiger partial charge in [-0.1, -0.05) is 0 Å². The van der Waals surface area contributed by atoms with Crippen LogP contribution < -0.4 is 5.73 Å². The van der Waals surface area contributed by atoms with E-state index in [9.17, 15) is 0 Å². The number of rotatable bonds is 1. The van der Waals surface area contributed by atoms with E-state index in [2.05, 4.69) is 9.36 Å². The molecule has 1 rings (SSSR count). The van der Waals surface area contributed by atoms with E-state index in [1.165, 1.54) is 0 Å². The number of nitrogen functional groups attached to an aromatic ring is 1. The lowest BCUT2D eigenvalue weighted by molar-refractivity contribution is 1.14. The summed E-state index contributed by atoms with van der Waals surface area (Å²) < 4.78 is 3.81. The van der Waals surface area contributed by atoms with Crippen LogP contribution in [0.1, 0.15) is 5.82 Å². The van der Waals surface area contributed by atoms with Crippen LogP contribution in [0.2, 0.25) is 0 Å². The summed E-state index contributed by atoms with van der Waals surface area (Å²) in [5.41, 5.74) is 5.24. The van der Waals surface area contributed by atoms with Crippen molar-refractivity contribution < 1.29 is 0 Å². The van der Waals surface area contributed by atoms with Gasteiger partial charge in [0.15, 0.2) is 11.0 Å². The number of alkyl halides is 1. The number of nitrogens with two attached hydrogens (primary N) is 1. The van der Waals surface area contributed by atoms with E-state index >= 15 is 0 Å². The largest absolute Gasteiger partial charge is 0.374 e. The van der Waals surface area contributed by atoms with Crippen molar-refractivity contribution in [2.75, 3.05) is 5.73 Å². The van der Waals surface area contributed by atoms with Crippen LogP contribution in [0.5, 0.6) is 0 Å². The summed E-state index contributed by atoms with van der Waals surface area (Å²) in [7, 11) is 0. The summed E-state index contributed by atoms with van der Waals surface area (Å²) in [6.45, 7) is 0. The molecule has 0 amide bonds. The van der Waals surface area contributed by atoms with Crippen molar-refractivity contribution in [3.05, 3.63) is 5.82 Å². The number of nitrogens with zero attached hydrogens (tertiary/aromatic N) is 2. The fourth-order valence-corrected chi connectivity index (χ4v) is 0.963. The van der Waals surface area contributed by atoms with E-state index in [0.29, 0.717) is 16.8 Å². The molecule has 1 aromatic rings. The van der Waals surface area contributed by atoms with Crippen molar-refractivity contribution in [1.82, 2.24) is 9.36 Å². The molecule has 0 atom stereocenters. The van der Waals surface area contributed by atoms with Gasteiger partial charge in [0.25, 0.3) is 0 Å². The highest BCUT2D eigenvalue weighted by atomic mass is 35.5. The van der Waals surface area contributed by atoms with Crippen LogP contribution in [-0.4, -0.2) is 9.36 Å². The number of halogens is 1. The highest BCUT2D eigenvalue weighted by Crippen LogP contribution is 2.06. The maximum Gasteiger partial charge on any atom is 0.199 e. The maximum absolute atomic E-state index is 5.37. The molecule has 3 nitrogen and oxygen atoms in total. The van der Waals surface area contributed by atoms with E-state index < -0.39 is 0 Å². The lowest BCUT2D eigenvalue weighted by Gasteiger charge is -1.75. The first kappa shape index (κ1) is 5.78. The molecule has 1 aromatic heterocycles. The Morgan fingerprint density at radius 1 is 1.75 bits per heavy atom. The van der Waals surface area contributed by atoms with Crippen LogP contribution in [0.4, 0.5) is 5.13 Å². The van der Waals surface area contributed by atoms with Crippen LogP contribution in [0.15, 0.2) is 0 Å². The van der Waals surface area contributed by atoms with Crippen molar-refractivity contribution in [2.24, 2.45) is 0 Å². The molecule has 0 saturated carbocycles. The Morgan fingerprint density at radius 2 is 2.50 bits per heavy atom. The maximum atomic E-state index is 5.37. The summed E-state index contributed by atoms with van der Waals surface area (Å²) in [5.74, 6) is 0.947. The van der Waals surface area contributed by atoms with Crippen molar-refractivity contribution in [3.8, 4) is 0 Å². The van der Waals surface area contributed by atoms with Gasteiger partial charge in [-0.25, -0.2) is 4.98 Å². The van der Waals surface area contributed by atoms with Gasteiger partial charge in [0, 0.05) is 11.5 Å². The van der Waals surface area contributed by atoms with Crippen LogP contribution in [0.25, 0.3) is 0 Å². The molecular formula is C3H4ClN3S. The monoisotopic (exact) mass is 149 g/mol. The third-order valence-electron chi connectivity index (χ3n) is 0.603. The van der Waals surface area contributed by atoms with Gasteiger partial charge in [0.2, 0.25) is 0 Å². The van der Waals surface area contributed by atoms with E-state index in [4.69, 9.17) is 17.3 Å². The van der Waals surface area contributed by atoms with Gasteiger partial charge in [0.1, 0.15) is 0 Å². The molecule has 1 heterocycles. The average molecular weight is 150 g/mol. The fraction of sp³-hybridized carbons (Fsp3) is 0.333. The van der Waals surface area contributed by atoms with E-state index in [1.807, 2.05) is 0 Å². The van der Waals surface area contributed by atoms with Crippen LogP contribution in [-0.2, 0) is 5.88 Å². The van der Waals surface area contributed by atoms with Crippen LogP contribution in [0, 0.1) is 0 Å². The summed E-state index contributed by atoms with van der Waals surface area (Å²) in [6, 6.07) is 0. The Balaban J connectivity index is 2.84. The van der Waals surface area contributed by atoms with Gasteiger partial charge in [-0.05, 0) is 0 Å². The van der Waals surface area contributed by atoms with Crippen LogP contribution >= 0.6 is 23.1 Å². The minimum Gasteiger partial charge on any atom is -0.374 e. The van der Waals surface area contributed by atoms with E-state index in [1.54, 1.807) is 0 Å². The van der Waals surface area contributed by atoms with Crippen molar-refractivity contribution in [3.63, 3.8) is 0 Å². The number of hydrogen-bond donors (Lipinski definition) is 1. The topological polar surface area (TPSA) is 51.8 Å². The van der Waals surface area contributed by atoms with Gasteiger partial charge < -0.3 is 5.73 Å². The Bertz CT molecular complexity index is 175. The summed E-state index contributed by atoms with van der Waals surface area (Å²) in [6.07, 6.45) is 0. The zero-order valence-electron chi connectivity index (χ0n) is 3.97. The van der Waals surface area contributed by atoms with Gasteiger partial charge in [-0.3, -0.25) is 0 Å². The number of aromatic nitrogens is 2. The first-order chi connectivity index (χ1) is 3.83. The molecule has 2 N–H and O–H groups in total. The molecule has 0 aromatic carbocycles. The first-order valence-corrected chi connectivity index (χ1v) is 3.27. The van der Waals surface area contributed by atoms with Gasteiger partial charge >= 0.3 is 0 Å². The molecule has 0 bridgehead atoms. The minimum absolute atomic E-state index is 0.341. The second-order valence-corrected chi connectivity index (χ2v) is 2.23. The summed E-state index contributed by atoms with van der Waals surface area (Å²) in [5, 5.41) is 0.473. The van der Waals surface area contributed by atoms with Gasteiger partial charge in [-0.2, -0.15) is 4.37 Å². The quantitative estimate of drug-likeness (QED) is 0.603. The van der Waals surface area contributed by atoms with Gasteiger partial charge in [0.05, 0.1) is 5.88 Å². The normalized spacial score (nSPS) is 9.62. The molecule has 0 unspecified atom stereocenters. The Labute approximate surface area is 55.7 Å². The summed E-state index contributed by atoms with van der Waals surface area (Å²) >= 11 is 6.53. The zero-order chi connectivity index (χ0) is 5.98. The average Bonchev–Trinajstić information content (AvgIpc) is 2.14. The van der Waals surface area contributed by atoms with Crippen LogP contribution in [0.3, 0.4) is 0 Å². The highest BCUT2D eigenvalue weighted by molar-refractivity contribution is 7.09. The molecule has 0 radical (unpaired) electrons. The molecule has 5 heteroatoms. The molecule has 0 aliphatic carbocycles. The fourth-order valence-electron chi connectivity index (χ4n) is 0.322. The second-order valence-electron chi connectivity index (χ2n) is 1.18. The minimum atomic E-state index is 0.341. The molecule has 0 aliphatic heterocycles. The molecule has 0 spiro atoms. The Morgan fingerprint density at radius 3 is 2.75 bits per heavy atom. The predicted octanol–water partition coefficient (Wildman–Crippen LogP) is 0.859. The van der Waals surface area contributed by atoms with Gasteiger partial charge in [-0.15, -0.1) is 11.6 Å². The third kappa shape index (κ3) is 1.08. The lowest BCUT2D eigenvalue weighted by Crippen LogP contribution is -1.83. The molecular weight excluding hydrogens is 146 g/mol. The molecule has 0 aliphatic rings. The van der Waals surface area contributed by atoms with Crippen molar-refractivity contribution in [2.45, 2.75) is 5.88 Å². The predicted molar refractivity (Wildman–Crippen MR) is 33.9 cm³/mol.